The Balaban J connectivity index is 1.50. The third-order valence-corrected chi connectivity index (χ3v) is 7.09. The third-order valence-electron chi connectivity index (χ3n) is 6.16. The first-order chi connectivity index (χ1) is 18.4. The topological polar surface area (TPSA) is 92.4 Å². The number of phenols is 1. The monoisotopic (exact) mass is 541 g/mol. The second-order valence-corrected chi connectivity index (χ2v) is 12.3. The third kappa shape index (κ3) is 6.75. The van der Waals surface area contributed by atoms with Crippen LogP contribution in [-0.2, 0) is 15.6 Å². The summed E-state index contributed by atoms with van der Waals surface area (Å²) in [5.74, 6) is 0.878. The molecule has 0 unspecified atom stereocenters. The van der Waals surface area contributed by atoms with E-state index in [1.54, 1.807) is 6.21 Å². The molecule has 0 aliphatic rings. The Morgan fingerprint density at radius 3 is 2.05 bits per heavy atom. The fourth-order valence-corrected chi connectivity index (χ4v) is 4.91. The number of nitrogens with one attached hydrogen (secondary N) is 1. The van der Waals surface area contributed by atoms with Crippen LogP contribution in [0.4, 0.5) is 0 Å². The van der Waals surface area contributed by atoms with Gasteiger partial charge in [-0.3, -0.25) is 9.36 Å². The predicted molar refractivity (Wildman–Crippen MR) is 159 cm³/mol. The molecule has 0 bridgehead atoms. The van der Waals surface area contributed by atoms with Crippen LogP contribution in [0.5, 0.6) is 5.75 Å². The molecule has 0 radical (unpaired) electrons. The lowest BCUT2D eigenvalue weighted by atomic mass is 9.78. The first-order valence-electron chi connectivity index (χ1n) is 12.8. The number of hydrogen-bond acceptors (Lipinski definition) is 6. The van der Waals surface area contributed by atoms with Gasteiger partial charge in [0.15, 0.2) is 11.0 Å². The molecule has 4 aromatic rings. The highest BCUT2D eigenvalue weighted by atomic mass is 32.2. The van der Waals surface area contributed by atoms with Crippen molar-refractivity contribution in [2.45, 2.75) is 57.5 Å². The van der Waals surface area contributed by atoms with Crippen LogP contribution in [0.15, 0.2) is 83.1 Å². The maximum atomic E-state index is 12.7. The molecule has 2 N–H and O–H groups in total. The van der Waals surface area contributed by atoms with E-state index in [1.807, 2.05) is 77.4 Å². The van der Waals surface area contributed by atoms with Crippen LogP contribution in [0, 0.1) is 0 Å². The van der Waals surface area contributed by atoms with Crippen LogP contribution < -0.4 is 5.43 Å². The molecule has 8 heteroatoms. The van der Waals surface area contributed by atoms with Crippen molar-refractivity contribution in [2.24, 2.45) is 5.10 Å². The van der Waals surface area contributed by atoms with Gasteiger partial charge in [-0.15, -0.1) is 10.2 Å². The number of benzene rings is 3. The zero-order valence-electron chi connectivity index (χ0n) is 23.3. The smallest absolute Gasteiger partial charge is 0.250 e. The number of nitrogens with zero attached hydrogens (tertiary/aromatic N) is 4. The van der Waals surface area contributed by atoms with Crippen molar-refractivity contribution in [3.63, 3.8) is 0 Å². The van der Waals surface area contributed by atoms with Gasteiger partial charge in [-0.05, 0) is 40.7 Å². The number of aromatic nitrogens is 3. The second-order valence-electron chi connectivity index (χ2n) is 11.4. The van der Waals surface area contributed by atoms with Crippen molar-refractivity contribution in [3.8, 4) is 22.8 Å². The van der Waals surface area contributed by atoms with E-state index in [2.05, 4.69) is 62.3 Å². The molecular weight excluding hydrogens is 506 g/mol. The number of hydrazone groups is 1. The Morgan fingerprint density at radius 1 is 0.923 bits per heavy atom. The summed E-state index contributed by atoms with van der Waals surface area (Å²) in [7, 11) is 0. The molecular formula is C31H35N5O2S. The van der Waals surface area contributed by atoms with E-state index in [0.29, 0.717) is 16.7 Å². The number of amides is 1. The fourth-order valence-electron chi connectivity index (χ4n) is 4.16. The largest absolute Gasteiger partial charge is 0.507 e. The molecule has 202 valence electrons. The first kappa shape index (κ1) is 28.1. The molecule has 1 aromatic heterocycles. The maximum absolute atomic E-state index is 12.7. The Labute approximate surface area is 234 Å². The van der Waals surface area contributed by atoms with Crippen molar-refractivity contribution in [3.05, 3.63) is 89.5 Å². The lowest BCUT2D eigenvalue weighted by molar-refractivity contribution is -0.118. The van der Waals surface area contributed by atoms with E-state index >= 15 is 0 Å². The van der Waals surface area contributed by atoms with E-state index in [1.165, 1.54) is 11.8 Å². The summed E-state index contributed by atoms with van der Waals surface area (Å²) in [6, 6.07) is 23.5. The van der Waals surface area contributed by atoms with Crippen LogP contribution in [0.3, 0.4) is 0 Å². The molecule has 0 saturated heterocycles. The van der Waals surface area contributed by atoms with Crippen LogP contribution in [0.2, 0.25) is 0 Å². The molecule has 0 aliphatic carbocycles. The van der Waals surface area contributed by atoms with E-state index in [-0.39, 0.29) is 22.5 Å². The summed E-state index contributed by atoms with van der Waals surface area (Å²) in [5, 5.41) is 24.5. The second kappa shape index (κ2) is 11.5. The Morgan fingerprint density at radius 2 is 1.49 bits per heavy atom. The number of rotatable bonds is 7. The minimum atomic E-state index is -0.258. The summed E-state index contributed by atoms with van der Waals surface area (Å²) in [6.45, 7) is 12.4. The van der Waals surface area contributed by atoms with Crippen LogP contribution in [0.1, 0.15) is 58.2 Å². The van der Waals surface area contributed by atoms with Crippen LogP contribution >= 0.6 is 11.8 Å². The van der Waals surface area contributed by atoms with Gasteiger partial charge in [-0.25, -0.2) is 5.43 Å². The standard InChI is InChI=1S/C31H35N5O2S/c1-30(2,3)24-17-21(18-25(27(24)38)31(4,5)6)19-32-33-26(37)20-39-29-35-34-28(22-13-9-7-10-14-22)36(29)23-15-11-8-12-16-23/h7-19,38H,20H2,1-6H3,(H,33,37). The van der Waals surface area contributed by atoms with E-state index in [4.69, 9.17) is 0 Å². The molecule has 3 aromatic carbocycles. The number of hydrogen-bond donors (Lipinski definition) is 2. The van der Waals surface area contributed by atoms with Gasteiger partial charge in [0, 0.05) is 22.4 Å². The molecule has 0 atom stereocenters. The summed E-state index contributed by atoms with van der Waals surface area (Å²) >= 11 is 1.30. The summed E-state index contributed by atoms with van der Waals surface area (Å²) < 4.78 is 1.95. The molecule has 7 nitrogen and oxygen atoms in total. The summed E-state index contributed by atoms with van der Waals surface area (Å²) in [4.78, 5) is 12.7. The fraction of sp³-hybridized carbons (Fsp3) is 0.290. The number of aromatic hydroxyl groups is 1. The van der Waals surface area contributed by atoms with Crippen LogP contribution in [-0.4, -0.2) is 37.7 Å². The zero-order chi connectivity index (χ0) is 28.2. The zero-order valence-corrected chi connectivity index (χ0v) is 24.1. The van der Waals surface area contributed by atoms with E-state index in [0.717, 1.165) is 27.9 Å². The van der Waals surface area contributed by atoms with Crippen molar-refractivity contribution in [2.75, 3.05) is 5.75 Å². The highest BCUT2D eigenvalue weighted by Crippen LogP contribution is 2.39. The Bertz CT molecular complexity index is 1430. The molecule has 0 spiro atoms. The molecule has 4 rings (SSSR count). The lowest BCUT2D eigenvalue weighted by Crippen LogP contribution is -2.20. The van der Waals surface area contributed by atoms with Gasteiger partial charge in [-0.1, -0.05) is 102 Å². The quantitative estimate of drug-likeness (QED) is 0.159. The van der Waals surface area contributed by atoms with Gasteiger partial charge < -0.3 is 5.11 Å². The molecule has 39 heavy (non-hydrogen) atoms. The van der Waals surface area contributed by atoms with E-state index < -0.39 is 0 Å². The van der Waals surface area contributed by atoms with E-state index in [9.17, 15) is 9.90 Å². The maximum Gasteiger partial charge on any atom is 0.250 e. The Hall–Kier alpha value is -3.91. The van der Waals surface area contributed by atoms with Gasteiger partial charge in [0.05, 0.1) is 12.0 Å². The van der Waals surface area contributed by atoms with Crippen molar-refractivity contribution >= 4 is 23.9 Å². The molecule has 0 fully saturated rings. The SMILES string of the molecule is CC(C)(C)c1cc(C=NNC(=O)CSc2nnc(-c3ccccc3)n2-c2ccccc2)cc(C(C)(C)C)c1O. The average molecular weight is 542 g/mol. The van der Waals surface area contributed by atoms with Gasteiger partial charge in [-0.2, -0.15) is 5.10 Å². The molecule has 0 aliphatic heterocycles. The number of carbonyl (C=O) groups excluding carboxylic acids is 1. The number of carbonyl (C=O) groups is 1. The molecule has 1 amide bonds. The predicted octanol–water partition coefficient (Wildman–Crippen LogP) is 6.48. The van der Waals surface area contributed by atoms with Crippen molar-refractivity contribution < 1.29 is 9.90 Å². The van der Waals surface area contributed by atoms with Crippen molar-refractivity contribution in [1.82, 2.24) is 20.2 Å². The molecule has 1 heterocycles. The minimum absolute atomic E-state index is 0.118. The van der Waals surface area contributed by atoms with Gasteiger partial charge in [0.2, 0.25) is 0 Å². The highest BCUT2D eigenvalue weighted by Gasteiger charge is 2.26. The number of phenolic OH excluding ortho intramolecular Hbond substituents is 1. The minimum Gasteiger partial charge on any atom is -0.507 e. The van der Waals surface area contributed by atoms with Crippen LogP contribution in [0.25, 0.3) is 17.1 Å². The average Bonchev–Trinajstić information content (AvgIpc) is 3.32. The summed E-state index contributed by atoms with van der Waals surface area (Å²) in [5.41, 5.74) is 6.47. The first-order valence-corrected chi connectivity index (χ1v) is 13.8. The summed E-state index contributed by atoms with van der Waals surface area (Å²) in [6.07, 6.45) is 1.62. The van der Waals surface area contributed by atoms with Crippen molar-refractivity contribution in [1.29, 1.82) is 0 Å². The highest BCUT2D eigenvalue weighted by molar-refractivity contribution is 7.99. The van der Waals surface area contributed by atoms with Gasteiger partial charge >= 0.3 is 0 Å². The normalized spacial score (nSPS) is 12.2. The van der Waals surface area contributed by atoms with Gasteiger partial charge in [0.25, 0.3) is 5.91 Å². The number of para-hydroxylation sites is 1. The Kier molecular flexibility index (Phi) is 8.25. The lowest BCUT2D eigenvalue weighted by Gasteiger charge is -2.27. The molecule has 0 saturated carbocycles. The van der Waals surface area contributed by atoms with Gasteiger partial charge in [0.1, 0.15) is 5.75 Å². The number of thioether (sulfide) groups is 1.